The number of benzene rings is 2. The van der Waals surface area contributed by atoms with Crippen molar-refractivity contribution in [2.45, 2.75) is 32.8 Å². The van der Waals surface area contributed by atoms with E-state index in [2.05, 4.69) is 27.0 Å². The van der Waals surface area contributed by atoms with Crippen LogP contribution in [0, 0.1) is 36.2 Å². The summed E-state index contributed by atoms with van der Waals surface area (Å²) in [5.41, 5.74) is -1.34. The molecule has 2 aromatic carbocycles. The number of halogens is 5. The molecule has 0 bridgehead atoms. The van der Waals surface area contributed by atoms with Gasteiger partial charge in [-0.25, -0.2) is 22.0 Å². The van der Waals surface area contributed by atoms with E-state index >= 15 is 4.39 Å². The van der Waals surface area contributed by atoms with E-state index < -0.39 is 41.4 Å². The molecule has 0 spiro atoms. The van der Waals surface area contributed by atoms with E-state index in [4.69, 9.17) is 0 Å². The average molecular weight is 475 g/mol. The number of aliphatic hydroxyl groups is 1. The molecule has 0 saturated carbocycles. The standard InChI is InChI=1S/C23H18F5N5O/c1-12-30-31-22-29-21(19-17(33(12)22)5-4-16(25)20(19)28)32(11-18(26)27)15-9-13(8-14(24)10-15)6-7-23(2,3)34/h4-5,8-10,18,34H,11H2,1-3H3. The van der Waals surface area contributed by atoms with Crippen molar-refractivity contribution in [2.75, 3.05) is 11.4 Å². The van der Waals surface area contributed by atoms with Crippen molar-refractivity contribution in [3.05, 3.63) is 59.2 Å². The van der Waals surface area contributed by atoms with E-state index in [-0.39, 0.29) is 28.4 Å². The normalized spacial score (nSPS) is 11.8. The second kappa shape index (κ2) is 8.53. The molecule has 2 heterocycles. The minimum Gasteiger partial charge on any atom is -0.378 e. The molecular weight excluding hydrogens is 457 g/mol. The molecule has 0 aliphatic rings. The predicted molar refractivity (Wildman–Crippen MR) is 116 cm³/mol. The molecule has 0 atom stereocenters. The van der Waals surface area contributed by atoms with Crippen LogP contribution in [0.2, 0.25) is 0 Å². The van der Waals surface area contributed by atoms with Crippen molar-refractivity contribution < 1.29 is 27.1 Å². The Morgan fingerprint density at radius 2 is 1.85 bits per heavy atom. The molecule has 176 valence electrons. The van der Waals surface area contributed by atoms with Gasteiger partial charge in [0.1, 0.15) is 23.1 Å². The van der Waals surface area contributed by atoms with Crippen LogP contribution in [0.1, 0.15) is 25.2 Å². The first-order chi connectivity index (χ1) is 15.9. The first-order valence-electron chi connectivity index (χ1n) is 10.1. The monoisotopic (exact) mass is 475 g/mol. The number of fused-ring (bicyclic) bond motifs is 3. The van der Waals surface area contributed by atoms with Crippen LogP contribution in [-0.2, 0) is 0 Å². The Kier molecular flexibility index (Phi) is 5.87. The summed E-state index contributed by atoms with van der Waals surface area (Å²) in [6.45, 7) is 3.40. The van der Waals surface area contributed by atoms with E-state index in [1.165, 1.54) is 30.4 Å². The van der Waals surface area contributed by atoms with E-state index in [9.17, 15) is 22.7 Å². The molecule has 0 unspecified atom stereocenters. The fraction of sp³-hybridized carbons (Fsp3) is 0.261. The van der Waals surface area contributed by atoms with Gasteiger partial charge in [-0.1, -0.05) is 11.8 Å². The Hall–Kier alpha value is -3.78. The molecule has 1 N–H and O–H groups in total. The van der Waals surface area contributed by atoms with Crippen molar-refractivity contribution in [1.82, 2.24) is 19.6 Å². The van der Waals surface area contributed by atoms with Gasteiger partial charge in [0.25, 0.3) is 12.2 Å². The summed E-state index contributed by atoms with van der Waals surface area (Å²) in [5.74, 6) is 1.64. The maximum atomic E-state index is 15.0. The molecule has 4 aromatic rings. The lowest BCUT2D eigenvalue weighted by atomic mass is 10.1. The molecule has 0 saturated heterocycles. The third kappa shape index (κ3) is 4.49. The summed E-state index contributed by atoms with van der Waals surface area (Å²) < 4.78 is 72.3. The number of anilines is 2. The molecule has 0 amide bonds. The SMILES string of the molecule is Cc1nnc2nc(N(CC(F)F)c3cc(F)cc(C#CC(C)(C)O)c3)c3c(F)c(F)ccc3n12. The molecule has 34 heavy (non-hydrogen) atoms. The van der Waals surface area contributed by atoms with Crippen LogP contribution in [0.3, 0.4) is 0 Å². The van der Waals surface area contributed by atoms with Crippen molar-refractivity contribution in [3.63, 3.8) is 0 Å². The van der Waals surface area contributed by atoms with Gasteiger partial charge in [-0.2, -0.15) is 4.98 Å². The van der Waals surface area contributed by atoms with Gasteiger partial charge in [0.2, 0.25) is 0 Å². The molecule has 4 rings (SSSR count). The van der Waals surface area contributed by atoms with Crippen molar-refractivity contribution in [1.29, 1.82) is 0 Å². The third-order valence-electron chi connectivity index (χ3n) is 4.83. The van der Waals surface area contributed by atoms with Crippen LogP contribution in [0.5, 0.6) is 0 Å². The molecule has 2 aromatic heterocycles. The van der Waals surface area contributed by atoms with Gasteiger partial charge in [0.05, 0.1) is 17.4 Å². The highest BCUT2D eigenvalue weighted by Crippen LogP contribution is 2.35. The van der Waals surface area contributed by atoms with Crippen LogP contribution in [0.4, 0.5) is 33.5 Å². The largest absolute Gasteiger partial charge is 0.378 e. The smallest absolute Gasteiger partial charge is 0.257 e. The van der Waals surface area contributed by atoms with Gasteiger partial charge in [-0.3, -0.25) is 4.40 Å². The van der Waals surface area contributed by atoms with Crippen molar-refractivity contribution >= 4 is 28.2 Å². The fourth-order valence-electron chi connectivity index (χ4n) is 3.47. The second-order valence-corrected chi connectivity index (χ2v) is 8.08. The molecule has 11 heteroatoms. The van der Waals surface area contributed by atoms with Gasteiger partial charge in [0.15, 0.2) is 11.6 Å². The number of aryl methyl sites for hydroxylation is 1. The number of alkyl halides is 2. The Bertz CT molecular complexity index is 1470. The predicted octanol–water partition coefficient (Wildman–Crippen LogP) is 4.53. The minimum atomic E-state index is -2.95. The van der Waals surface area contributed by atoms with Crippen LogP contribution < -0.4 is 4.90 Å². The lowest BCUT2D eigenvalue weighted by molar-refractivity contribution is 0.143. The molecule has 0 radical (unpaired) electrons. The Labute approximate surface area is 190 Å². The van der Waals surface area contributed by atoms with Crippen LogP contribution in [-0.4, -0.2) is 43.3 Å². The van der Waals surface area contributed by atoms with Gasteiger partial charge in [0, 0.05) is 11.3 Å². The zero-order valence-corrected chi connectivity index (χ0v) is 18.2. The van der Waals surface area contributed by atoms with Crippen LogP contribution >= 0.6 is 0 Å². The highest BCUT2D eigenvalue weighted by atomic mass is 19.3. The van der Waals surface area contributed by atoms with E-state index in [1.54, 1.807) is 6.92 Å². The number of aromatic nitrogens is 4. The van der Waals surface area contributed by atoms with Crippen molar-refractivity contribution in [2.24, 2.45) is 0 Å². The fourth-order valence-corrected chi connectivity index (χ4v) is 3.47. The number of hydrogen-bond acceptors (Lipinski definition) is 5. The maximum Gasteiger partial charge on any atom is 0.257 e. The lowest BCUT2D eigenvalue weighted by Gasteiger charge is -2.25. The second-order valence-electron chi connectivity index (χ2n) is 8.08. The van der Waals surface area contributed by atoms with E-state index in [0.717, 1.165) is 23.1 Å². The summed E-state index contributed by atoms with van der Waals surface area (Å²) in [4.78, 5) is 5.05. The van der Waals surface area contributed by atoms with E-state index in [1.807, 2.05) is 0 Å². The van der Waals surface area contributed by atoms with E-state index in [0.29, 0.717) is 5.82 Å². The number of hydrogen-bond donors (Lipinski definition) is 1. The zero-order valence-electron chi connectivity index (χ0n) is 18.2. The van der Waals surface area contributed by atoms with Gasteiger partial charge >= 0.3 is 0 Å². The molecule has 0 aliphatic carbocycles. The maximum absolute atomic E-state index is 15.0. The lowest BCUT2D eigenvalue weighted by Crippen LogP contribution is -2.26. The van der Waals surface area contributed by atoms with Crippen LogP contribution in [0.15, 0.2) is 30.3 Å². The average Bonchev–Trinajstić information content (AvgIpc) is 3.12. The Morgan fingerprint density at radius 3 is 2.53 bits per heavy atom. The van der Waals surface area contributed by atoms with Gasteiger partial charge in [-0.15, -0.1) is 10.2 Å². The molecule has 0 aliphatic heterocycles. The quantitative estimate of drug-likeness (QED) is 0.347. The zero-order chi connectivity index (χ0) is 24.8. The molecular formula is C23H18F5N5O. The summed E-state index contributed by atoms with van der Waals surface area (Å²) in [5, 5.41) is 17.2. The minimum absolute atomic E-state index is 0.0382. The highest BCUT2D eigenvalue weighted by Gasteiger charge is 2.25. The Balaban J connectivity index is 2.03. The highest BCUT2D eigenvalue weighted by molar-refractivity contribution is 5.94. The first kappa shape index (κ1) is 23.4. The van der Waals surface area contributed by atoms with Gasteiger partial charge < -0.3 is 10.0 Å². The summed E-state index contributed by atoms with van der Waals surface area (Å²) in [7, 11) is 0. The van der Waals surface area contributed by atoms with Crippen LogP contribution in [0.25, 0.3) is 16.7 Å². The first-order valence-corrected chi connectivity index (χ1v) is 10.1. The van der Waals surface area contributed by atoms with Gasteiger partial charge in [-0.05, 0) is 51.1 Å². The Morgan fingerprint density at radius 1 is 1.12 bits per heavy atom. The third-order valence-corrected chi connectivity index (χ3v) is 4.83. The summed E-state index contributed by atoms with van der Waals surface area (Å²) in [6.07, 6.45) is -2.95. The summed E-state index contributed by atoms with van der Waals surface area (Å²) >= 11 is 0. The molecule has 6 nitrogen and oxygen atoms in total. The number of nitrogens with zero attached hydrogens (tertiary/aromatic N) is 5. The topological polar surface area (TPSA) is 66.5 Å². The number of rotatable bonds is 4. The van der Waals surface area contributed by atoms with Crippen molar-refractivity contribution in [3.8, 4) is 11.8 Å². The summed E-state index contributed by atoms with van der Waals surface area (Å²) in [6, 6.07) is 5.44. The molecule has 0 fully saturated rings.